The zero-order valence-corrected chi connectivity index (χ0v) is 9.81. The second-order valence-corrected chi connectivity index (χ2v) is 4.03. The third-order valence-corrected chi connectivity index (χ3v) is 2.63. The topological polar surface area (TPSA) is 40.7 Å². The molecule has 0 saturated heterocycles. The minimum atomic E-state index is -4.38. The molecule has 0 aliphatic heterocycles. The number of halogens is 4. The first-order chi connectivity index (χ1) is 8.47. The summed E-state index contributed by atoms with van der Waals surface area (Å²) in [6, 6.07) is 3.19. The lowest BCUT2D eigenvalue weighted by molar-refractivity contribution is -0.137. The van der Waals surface area contributed by atoms with Crippen molar-refractivity contribution in [1.82, 2.24) is 9.97 Å². The summed E-state index contributed by atoms with van der Waals surface area (Å²) in [7, 11) is 0. The molecule has 1 aromatic carbocycles. The van der Waals surface area contributed by atoms with Gasteiger partial charge in [-0.2, -0.15) is 13.2 Å². The van der Waals surface area contributed by atoms with Crippen molar-refractivity contribution >= 4 is 17.3 Å². The zero-order chi connectivity index (χ0) is 13.2. The standard InChI is InChI=1S/C11H9ClF3N3/c12-9-3-7(11(13,14)15)1-2-10(9)17-5-8-4-16-6-18-8/h1-4,6,17H,5H2,(H,16,18). The molecule has 0 amide bonds. The first-order valence-electron chi connectivity index (χ1n) is 5.04. The number of anilines is 1. The van der Waals surface area contributed by atoms with E-state index in [0.29, 0.717) is 12.2 Å². The lowest BCUT2D eigenvalue weighted by atomic mass is 10.2. The van der Waals surface area contributed by atoms with Gasteiger partial charge in [0.1, 0.15) is 0 Å². The van der Waals surface area contributed by atoms with Crippen LogP contribution < -0.4 is 5.32 Å². The predicted octanol–water partition coefficient (Wildman–Crippen LogP) is 3.69. The number of nitrogens with one attached hydrogen (secondary N) is 2. The summed E-state index contributed by atoms with van der Waals surface area (Å²) >= 11 is 5.79. The fourth-order valence-electron chi connectivity index (χ4n) is 1.41. The third kappa shape index (κ3) is 2.95. The van der Waals surface area contributed by atoms with E-state index in [9.17, 15) is 13.2 Å². The Bertz CT molecular complexity index is 523. The highest BCUT2D eigenvalue weighted by Crippen LogP contribution is 2.33. The van der Waals surface area contributed by atoms with Crippen LogP contribution in [-0.4, -0.2) is 9.97 Å². The number of hydrogen-bond acceptors (Lipinski definition) is 2. The Labute approximate surface area is 106 Å². The van der Waals surface area contributed by atoms with Gasteiger partial charge in [-0.1, -0.05) is 11.6 Å². The normalized spacial score (nSPS) is 11.6. The lowest BCUT2D eigenvalue weighted by Crippen LogP contribution is -2.06. The second-order valence-electron chi connectivity index (χ2n) is 3.62. The molecule has 0 aliphatic rings. The average molecular weight is 276 g/mol. The van der Waals surface area contributed by atoms with Crippen LogP contribution in [0.4, 0.5) is 18.9 Å². The molecule has 1 heterocycles. The van der Waals surface area contributed by atoms with Crippen LogP contribution in [0.15, 0.2) is 30.7 Å². The van der Waals surface area contributed by atoms with E-state index >= 15 is 0 Å². The molecule has 3 nitrogen and oxygen atoms in total. The number of nitrogens with zero attached hydrogens (tertiary/aromatic N) is 1. The highest BCUT2D eigenvalue weighted by atomic mass is 35.5. The van der Waals surface area contributed by atoms with E-state index in [1.165, 1.54) is 12.4 Å². The van der Waals surface area contributed by atoms with Gasteiger partial charge in [0.15, 0.2) is 0 Å². The van der Waals surface area contributed by atoms with Crippen molar-refractivity contribution in [2.75, 3.05) is 5.32 Å². The monoisotopic (exact) mass is 275 g/mol. The van der Waals surface area contributed by atoms with Crippen molar-refractivity contribution < 1.29 is 13.2 Å². The van der Waals surface area contributed by atoms with Crippen LogP contribution in [0.25, 0.3) is 0 Å². The quantitative estimate of drug-likeness (QED) is 0.897. The molecule has 2 aromatic rings. The van der Waals surface area contributed by atoms with Gasteiger partial charge in [-0.3, -0.25) is 0 Å². The van der Waals surface area contributed by atoms with E-state index < -0.39 is 11.7 Å². The number of rotatable bonds is 3. The van der Waals surface area contributed by atoms with E-state index in [1.807, 2.05) is 0 Å². The molecule has 96 valence electrons. The van der Waals surface area contributed by atoms with Gasteiger partial charge in [0.2, 0.25) is 0 Å². The molecule has 0 saturated carbocycles. The maximum absolute atomic E-state index is 12.4. The van der Waals surface area contributed by atoms with E-state index in [4.69, 9.17) is 11.6 Å². The van der Waals surface area contributed by atoms with Gasteiger partial charge in [-0.05, 0) is 18.2 Å². The van der Waals surface area contributed by atoms with E-state index in [1.54, 1.807) is 6.20 Å². The van der Waals surface area contributed by atoms with Crippen molar-refractivity contribution in [2.45, 2.75) is 12.7 Å². The molecule has 0 unspecified atom stereocenters. The SMILES string of the molecule is FC(F)(F)c1ccc(NCc2cnc[nH]2)c(Cl)c1. The first-order valence-corrected chi connectivity index (χ1v) is 5.42. The van der Waals surface area contributed by atoms with Gasteiger partial charge in [-0.25, -0.2) is 4.98 Å². The fourth-order valence-corrected chi connectivity index (χ4v) is 1.65. The summed E-state index contributed by atoms with van der Waals surface area (Å²) < 4.78 is 37.2. The Hall–Kier alpha value is -1.69. The number of hydrogen-bond donors (Lipinski definition) is 2. The third-order valence-electron chi connectivity index (χ3n) is 2.32. The number of H-pyrrole nitrogens is 1. The molecule has 2 rings (SSSR count). The average Bonchev–Trinajstić information content (AvgIpc) is 2.79. The van der Waals surface area contributed by atoms with Crippen molar-refractivity contribution in [2.24, 2.45) is 0 Å². The summed E-state index contributed by atoms with van der Waals surface area (Å²) in [6.07, 6.45) is -1.25. The number of benzene rings is 1. The van der Waals surface area contributed by atoms with Crippen LogP contribution in [0.3, 0.4) is 0 Å². The lowest BCUT2D eigenvalue weighted by Gasteiger charge is -2.11. The van der Waals surface area contributed by atoms with Gasteiger partial charge < -0.3 is 10.3 Å². The molecule has 0 aliphatic carbocycles. The van der Waals surface area contributed by atoms with Gasteiger partial charge in [0.05, 0.1) is 34.8 Å². The molecular weight excluding hydrogens is 267 g/mol. The van der Waals surface area contributed by atoms with Gasteiger partial charge >= 0.3 is 6.18 Å². The summed E-state index contributed by atoms with van der Waals surface area (Å²) in [6.45, 7) is 0.408. The molecule has 0 radical (unpaired) electrons. The van der Waals surface area contributed by atoms with Gasteiger partial charge in [0.25, 0.3) is 0 Å². The highest BCUT2D eigenvalue weighted by molar-refractivity contribution is 6.33. The molecule has 0 bridgehead atoms. The van der Waals surface area contributed by atoms with Crippen molar-refractivity contribution in [3.05, 3.63) is 47.0 Å². The Kier molecular flexibility index (Phi) is 3.47. The number of aromatic amines is 1. The van der Waals surface area contributed by atoms with Gasteiger partial charge in [0, 0.05) is 6.20 Å². The molecule has 7 heteroatoms. The molecule has 0 fully saturated rings. The van der Waals surface area contributed by atoms with Crippen molar-refractivity contribution in [3.8, 4) is 0 Å². The molecule has 18 heavy (non-hydrogen) atoms. The predicted molar refractivity (Wildman–Crippen MR) is 62.4 cm³/mol. The number of imidazole rings is 1. The van der Waals surface area contributed by atoms with Crippen LogP contribution in [-0.2, 0) is 12.7 Å². The number of aromatic nitrogens is 2. The maximum atomic E-state index is 12.4. The summed E-state index contributed by atoms with van der Waals surface area (Å²) in [4.78, 5) is 6.69. The van der Waals surface area contributed by atoms with Crippen LogP contribution >= 0.6 is 11.6 Å². The van der Waals surface area contributed by atoms with Crippen LogP contribution in [0.5, 0.6) is 0 Å². The minimum Gasteiger partial charge on any atom is -0.378 e. The molecule has 0 atom stereocenters. The van der Waals surface area contributed by atoms with E-state index in [0.717, 1.165) is 17.8 Å². The fraction of sp³-hybridized carbons (Fsp3) is 0.182. The summed E-state index contributed by atoms with van der Waals surface area (Å²) in [5, 5.41) is 2.96. The maximum Gasteiger partial charge on any atom is 0.416 e. The molecular formula is C11H9ClF3N3. The largest absolute Gasteiger partial charge is 0.416 e. The summed E-state index contributed by atoms with van der Waals surface area (Å²) in [5.74, 6) is 0. The van der Waals surface area contributed by atoms with Crippen LogP contribution in [0.2, 0.25) is 5.02 Å². The van der Waals surface area contributed by atoms with Gasteiger partial charge in [-0.15, -0.1) is 0 Å². The smallest absolute Gasteiger partial charge is 0.378 e. The molecule has 1 aromatic heterocycles. The summed E-state index contributed by atoms with van der Waals surface area (Å²) in [5.41, 5.74) is 0.491. The first kappa shape index (κ1) is 12.8. The Morgan fingerprint density at radius 1 is 1.33 bits per heavy atom. The van der Waals surface area contributed by atoms with E-state index in [-0.39, 0.29) is 5.02 Å². The Morgan fingerprint density at radius 3 is 2.67 bits per heavy atom. The minimum absolute atomic E-state index is 0.0318. The van der Waals surface area contributed by atoms with Crippen LogP contribution in [0.1, 0.15) is 11.3 Å². The van der Waals surface area contributed by atoms with E-state index in [2.05, 4.69) is 15.3 Å². The highest BCUT2D eigenvalue weighted by Gasteiger charge is 2.30. The molecule has 0 spiro atoms. The van der Waals surface area contributed by atoms with Crippen molar-refractivity contribution in [3.63, 3.8) is 0 Å². The second kappa shape index (κ2) is 4.89. The van der Waals surface area contributed by atoms with Crippen molar-refractivity contribution in [1.29, 1.82) is 0 Å². The zero-order valence-electron chi connectivity index (χ0n) is 9.05. The Balaban J connectivity index is 2.10. The molecule has 2 N–H and O–H groups in total. The Morgan fingerprint density at radius 2 is 2.11 bits per heavy atom. The number of alkyl halides is 3. The van der Waals surface area contributed by atoms with Crippen LogP contribution in [0, 0.1) is 0 Å².